The van der Waals surface area contributed by atoms with Gasteiger partial charge in [-0.1, -0.05) is 35.9 Å². The van der Waals surface area contributed by atoms with Gasteiger partial charge in [-0.2, -0.15) is 0 Å². The summed E-state index contributed by atoms with van der Waals surface area (Å²) in [7, 11) is 3.09. The van der Waals surface area contributed by atoms with Crippen LogP contribution in [-0.4, -0.2) is 30.9 Å². The smallest absolute Gasteiger partial charge is 0.278 e. The third-order valence-electron chi connectivity index (χ3n) is 4.89. The Kier molecular flexibility index (Phi) is 5.97. The molecule has 2 aromatic carbocycles. The van der Waals surface area contributed by atoms with Crippen molar-refractivity contribution in [3.63, 3.8) is 0 Å². The summed E-state index contributed by atoms with van der Waals surface area (Å²) in [5.74, 6) is 0.296. The molecule has 1 aliphatic heterocycles. The largest absolute Gasteiger partial charge is 0.497 e. The van der Waals surface area contributed by atoms with E-state index in [-0.39, 0.29) is 18.1 Å². The van der Waals surface area contributed by atoms with Crippen LogP contribution >= 0.6 is 22.9 Å². The molecule has 4 rings (SSSR count). The van der Waals surface area contributed by atoms with Crippen LogP contribution < -0.4 is 14.8 Å². The number of anilines is 1. The van der Waals surface area contributed by atoms with Gasteiger partial charge < -0.3 is 14.8 Å². The predicted molar refractivity (Wildman–Crippen MR) is 121 cm³/mol. The second kappa shape index (κ2) is 8.83. The van der Waals surface area contributed by atoms with E-state index in [1.54, 1.807) is 43.5 Å². The lowest BCUT2D eigenvalue weighted by molar-refractivity contribution is -0.137. The number of carbonyl (C=O) groups is 2. The standard InChI is InChI=1S/C23H19ClN2O4S/c1-29-15-9-10-18(30-2)17(12-15)25-21-20(19-8-5-11-31-19)22(27)26(23(21)28)13-14-6-3-4-7-16(14)24/h3-12,25H,13H2,1-2H3. The molecular weight excluding hydrogens is 436 g/mol. The number of rotatable bonds is 7. The minimum Gasteiger partial charge on any atom is -0.497 e. The zero-order valence-electron chi connectivity index (χ0n) is 16.8. The molecule has 2 heterocycles. The second-order valence-electron chi connectivity index (χ2n) is 6.71. The maximum atomic E-state index is 13.4. The van der Waals surface area contributed by atoms with Gasteiger partial charge in [0.25, 0.3) is 11.8 Å². The lowest BCUT2D eigenvalue weighted by Crippen LogP contribution is -2.32. The van der Waals surface area contributed by atoms with Crippen molar-refractivity contribution < 1.29 is 19.1 Å². The molecule has 0 bridgehead atoms. The van der Waals surface area contributed by atoms with E-state index in [1.165, 1.54) is 23.3 Å². The Morgan fingerprint density at radius 2 is 1.81 bits per heavy atom. The molecule has 3 aromatic rings. The zero-order chi connectivity index (χ0) is 22.0. The van der Waals surface area contributed by atoms with Gasteiger partial charge in [0.05, 0.1) is 32.0 Å². The molecule has 1 N–H and O–H groups in total. The summed E-state index contributed by atoms with van der Waals surface area (Å²) < 4.78 is 10.7. The van der Waals surface area contributed by atoms with Gasteiger partial charge >= 0.3 is 0 Å². The molecule has 1 aromatic heterocycles. The molecule has 6 nitrogen and oxygen atoms in total. The van der Waals surface area contributed by atoms with Crippen LogP contribution in [0.2, 0.25) is 5.02 Å². The summed E-state index contributed by atoms with van der Waals surface area (Å²) in [6.45, 7) is 0.0760. The van der Waals surface area contributed by atoms with Crippen molar-refractivity contribution in [3.8, 4) is 11.5 Å². The van der Waals surface area contributed by atoms with Crippen molar-refractivity contribution in [1.82, 2.24) is 4.90 Å². The van der Waals surface area contributed by atoms with E-state index < -0.39 is 5.91 Å². The van der Waals surface area contributed by atoms with Crippen molar-refractivity contribution in [3.05, 3.63) is 81.1 Å². The molecule has 0 spiro atoms. The van der Waals surface area contributed by atoms with Gasteiger partial charge in [0, 0.05) is 16.0 Å². The topological polar surface area (TPSA) is 67.9 Å². The van der Waals surface area contributed by atoms with E-state index in [1.807, 2.05) is 23.6 Å². The lowest BCUT2D eigenvalue weighted by Gasteiger charge is -2.17. The van der Waals surface area contributed by atoms with E-state index in [0.29, 0.717) is 38.2 Å². The number of halogens is 1. The lowest BCUT2D eigenvalue weighted by atomic mass is 10.1. The third-order valence-corrected chi connectivity index (χ3v) is 6.14. The van der Waals surface area contributed by atoms with Gasteiger partial charge in [-0.15, -0.1) is 11.3 Å². The number of nitrogens with zero attached hydrogens (tertiary/aromatic N) is 1. The van der Waals surface area contributed by atoms with Crippen LogP contribution in [0.5, 0.6) is 11.5 Å². The molecule has 0 saturated carbocycles. The summed E-state index contributed by atoms with van der Waals surface area (Å²) in [6, 6.07) is 16.0. The highest BCUT2D eigenvalue weighted by Gasteiger charge is 2.40. The summed E-state index contributed by atoms with van der Waals surface area (Å²) in [6.07, 6.45) is 0. The number of hydrogen-bond acceptors (Lipinski definition) is 6. The number of imide groups is 1. The fraction of sp³-hybridized carbons (Fsp3) is 0.130. The molecule has 8 heteroatoms. The van der Waals surface area contributed by atoms with Gasteiger partial charge in [0.1, 0.15) is 17.2 Å². The molecule has 2 amide bonds. The van der Waals surface area contributed by atoms with Crippen LogP contribution in [-0.2, 0) is 16.1 Å². The Morgan fingerprint density at radius 1 is 1.00 bits per heavy atom. The number of carbonyl (C=O) groups excluding carboxylic acids is 2. The summed E-state index contributed by atoms with van der Waals surface area (Å²) in [5.41, 5.74) is 1.71. The Morgan fingerprint density at radius 3 is 2.48 bits per heavy atom. The Hall–Kier alpha value is -3.29. The van der Waals surface area contributed by atoms with E-state index >= 15 is 0 Å². The van der Waals surface area contributed by atoms with E-state index in [2.05, 4.69) is 5.32 Å². The first-order valence-electron chi connectivity index (χ1n) is 9.40. The molecule has 0 fully saturated rings. The van der Waals surface area contributed by atoms with Crippen LogP contribution in [0.1, 0.15) is 10.4 Å². The van der Waals surface area contributed by atoms with Gasteiger partial charge in [-0.05, 0) is 35.2 Å². The maximum Gasteiger partial charge on any atom is 0.278 e. The SMILES string of the molecule is COc1ccc(OC)c(NC2=C(c3cccs3)C(=O)N(Cc3ccccc3Cl)C2=O)c1. The molecule has 0 aliphatic carbocycles. The Balaban J connectivity index is 1.75. The molecule has 1 aliphatic rings. The number of hydrogen-bond donors (Lipinski definition) is 1. The molecule has 0 saturated heterocycles. The quantitative estimate of drug-likeness (QED) is 0.519. The summed E-state index contributed by atoms with van der Waals surface area (Å²) >= 11 is 7.66. The predicted octanol–water partition coefficient (Wildman–Crippen LogP) is 4.81. The van der Waals surface area contributed by atoms with Crippen molar-refractivity contribution in [2.75, 3.05) is 19.5 Å². The van der Waals surface area contributed by atoms with Crippen molar-refractivity contribution >= 4 is 46.0 Å². The minimum atomic E-state index is -0.432. The average molecular weight is 455 g/mol. The number of amides is 2. The first-order valence-corrected chi connectivity index (χ1v) is 10.7. The van der Waals surface area contributed by atoms with Crippen LogP contribution in [0.3, 0.4) is 0 Å². The molecule has 31 heavy (non-hydrogen) atoms. The first-order chi connectivity index (χ1) is 15.0. The van der Waals surface area contributed by atoms with Gasteiger partial charge in [0.15, 0.2) is 0 Å². The van der Waals surface area contributed by atoms with Crippen molar-refractivity contribution in [1.29, 1.82) is 0 Å². The monoisotopic (exact) mass is 454 g/mol. The molecule has 0 atom stereocenters. The maximum absolute atomic E-state index is 13.4. The van der Waals surface area contributed by atoms with E-state index in [9.17, 15) is 9.59 Å². The van der Waals surface area contributed by atoms with Crippen molar-refractivity contribution in [2.24, 2.45) is 0 Å². The van der Waals surface area contributed by atoms with Crippen LogP contribution in [0, 0.1) is 0 Å². The van der Waals surface area contributed by atoms with Gasteiger partial charge in [-0.3, -0.25) is 14.5 Å². The average Bonchev–Trinajstić information content (AvgIpc) is 3.38. The molecular formula is C23H19ClN2O4S. The van der Waals surface area contributed by atoms with Crippen LogP contribution in [0.4, 0.5) is 5.69 Å². The van der Waals surface area contributed by atoms with Gasteiger partial charge in [0.2, 0.25) is 0 Å². The second-order valence-corrected chi connectivity index (χ2v) is 8.06. The highest BCUT2D eigenvalue weighted by Crippen LogP contribution is 2.37. The Labute approximate surface area is 188 Å². The van der Waals surface area contributed by atoms with Crippen molar-refractivity contribution in [2.45, 2.75) is 6.54 Å². The van der Waals surface area contributed by atoms with Crippen LogP contribution in [0.25, 0.3) is 5.57 Å². The Bertz CT molecular complexity index is 1170. The first kappa shape index (κ1) is 21.0. The van der Waals surface area contributed by atoms with E-state index in [4.69, 9.17) is 21.1 Å². The normalized spacial score (nSPS) is 13.7. The number of benzene rings is 2. The number of nitrogens with one attached hydrogen (secondary N) is 1. The fourth-order valence-electron chi connectivity index (χ4n) is 3.33. The highest BCUT2D eigenvalue weighted by atomic mass is 35.5. The zero-order valence-corrected chi connectivity index (χ0v) is 18.4. The highest BCUT2D eigenvalue weighted by molar-refractivity contribution is 7.11. The summed E-state index contributed by atoms with van der Waals surface area (Å²) in [4.78, 5) is 28.6. The number of thiophene rings is 1. The summed E-state index contributed by atoms with van der Waals surface area (Å²) in [5, 5.41) is 5.48. The molecule has 0 unspecified atom stereocenters. The van der Waals surface area contributed by atoms with Crippen LogP contribution in [0.15, 0.2) is 65.7 Å². The fourth-order valence-corrected chi connectivity index (χ4v) is 4.29. The van der Waals surface area contributed by atoms with E-state index in [0.717, 1.165) is 0 Å². The van der Waals surface area contributed by atoms with Gasteiger partial charge in [-0.25, -0.2) is 0 Å². The molecule has 0 radical (unpaired) electrons. The number of ether oxygens (including phenoxy) is 2. The number of methoxy groups -OCH3 is 2. The third kappa shape index (κ3) is 4.02. The minimum absolute atomic E-state index is 0.0760. The molecule has 158 valence electrons.